The summed E-state index contributed by atoms with van der Waals surface area (Å²) in [4.78, 5) is 23.0. The van der Waals surface area contributed by atoms with E-state index in [1.165, 1.54) is 10.6 Å². The van der Waals surface area contributed by atoms with Gasteiger partial charge < -0.3 is 19.5 Å². The van der Waals surface area contributed by atoms with Crippen LogP contribution in [0.3, 0.4) is 0 Å². The van der Waals surface area contributed by atoms with Crippen molar-refractivity contribution in [3.05, 3.63) is 36.7 Å². The van der Waals surface area contributed by atoms with Crippen molar-refractivity contribution in [2.24, 2.45) is 13.0 Å². The van der Waals surface area contributed by atoms with Crippen molar-refractivity contribution in [3.63, 3.8) is 0 Å². The number of rotatable bonds is 7. The van der Waals surface area contributed by atoms with Gasteiger partial charge in [0.1, 0.15) is 5.52 Å². The molecule has 2 saturated heterocycles. The van der Waals surface area contributed by atoms with E-state index in [4.69, 9.17) is 9.72 Å². The van der Waals surface area contributed by atoms with Gasteiger partial charge in [0.05, 0.1) is 30.4 Å². The number of aromatic nitrogens is 3. The zero-order valence-corrected chi connectivity index (χ0v) is 20.8. The van der Waals surface area contributed by atoms with Gasteiger partial charge in [-0.15, -0.1) is 0 Å². The summed E-state index contributed by atoms with van der Waals surface area (Å²) in [6.07, 6.45) is 4.34. The summed E-state index contributed by atoms with van der Waals surface area (Å²) in [6.45, 7) is 3.48. The molecule has 1 aromatic carbocycles. The van der Waals surface area contributed by atoms with E-state index in [9.17, 15) is 13.2 Å². The third-order valence-electron chi connectivity index (χ3n) is 6.73. The molecule has 0 saturated carbocycles. The zero-order valence-electron chi connectivity index (χ0n) is 20.0. The number of aryl methyl sites for hydroxylation is 1. The molecule has 0 spiro atoms. The Bertz CT molecular complexity index is 1330. The van der Waals surface area contributed by atoms with Crippen LogP contribution in [0.5, 0.6) is 5.88 Å². The van der Waals surface area contributed by atoms with Gasteiger partial charge >= 0.3 is 0 Å². The minimum absolute atomic E-state index is 0.102. The SMILES string of the molecule is Cn1cnc2cc(-c3ccc(N4CCN(S(C)(=O)=O)CC4)cc3)nc(OCC[C@H]3CNC(=O)C3)c21. The molecule has 0 radical (unpaired) electrons. The fourth-order valence-electron chi connectivity index (χ4n) is 4.70. The van der Waals surface area contributed by atoms with Gasteiger partial charge in [0, 0.05) is 57.4 Å². The number of carbonyl (C=O) groups excluding carboxylic acids is 1. The molecule has 2 aliphatic heterocycles. The van der Waals surface area contributed by atoms with Crippen LogP contribution < -0.4 is 15.0 Å². The number of carbonyl (C=O) groups is 1. The zero-order chi connectivity index (χ0) is 24.6. The maximum absolute atomic E-state index is 11.8. The fourth-order valence-corrected chi connectivity index (χ4v) is 5.53. The summed E-state index contributed by atoms with van der Waals surface area (Å²) >= 11 is 0. The number of imidazole rings is 1. The van der Waals surface area contributed by atoms with E-state index < -0.39 is 10.0 Å². The lowest BCUT2D eigenvalue weighted by Gasteiger charge is -2.34. The van der Waals surface area contributed by atoms with E-state index in [1.807, 2.05) is 41.9 Å². The molecule has 2 fully saturated rings. The molecular weight excluding hydrogens is 468 g/mol. The fraction of sp³-hybridized carbons (Fsp3) is 0.458. The van der Waals surface area contributed by atoms with E-state index in [-0.39, 0.29) is 5.91 Å². The third-order valence-corrected chi connectivity index (χ3v) is 8.03. The average molecular weight is 499 g/mol. The minimum atomic E-state index is -3.15. The Hall–Kier alpha value is -3.18. The molecule has 11 heteroatoms. The molecule has 2 aliphatic rings. The van der Waals surface area contributed by atoms with Crippen molar-refractivity contribution in [1.29, 1.82) is 0 Å². The first-order chi connectivity index (χ1) is 16.8. The highest BCUT2D eigenvalue weighted by atomic mass is 32.2. The summed E-state index contributed by atoms with van der Waals surface area (Å²) in [7, 11) is -1.23. The molecule has 1 amide bonds. The van der Waals surface area contributed by atoms with Crippen molar-refractivity contribution in [1.82, 2.24) is 24.2 Å². The maximum atomic E-state index is 11.8. The quantitative estimate of drug-likeness (QED) is 0.527. The average Bonchev–Trinajstić information content (AvgIpc) is 3.44. The Balaban J connectivity index is 1.31. The number of pyridine rings is 1. The lowest BCUT2D eigenvalue weighted by atomic mass is 10.1. The van der Waals surface area contributed by atoms with Crippen LogP contribution in [0.2, 0.25) is 0 Å². The second-order valence-corrected chi connectivity index (χ2v) is 11.2. The van der Waals surface area contributed by atoms with Crippen molar-refractivity contribution >= 4 is 32.7 Å². The van der Waals surface area contributed by atoms with Gasteiger partial charge in [0.25, 0.3) is 0 Å². The number of hydrogen-bond donors (Lipinski definition) is 1. The summed E-state index contributed by atoms with van der Waals surface area (Å²) in [5.41, 5.74) is 4.43. The molecule has 10 nitrogen and oxygen atoms in total. The summed E-state index contributed by atoms with van der Waals surface area (Å²) in [5.74, 6) is 0.931. The first-order valence-electron chi connectivity index (χ1n) is 11.8. The van der Waals surface area contributed by atoms with Crippen LogP contribution in [-0.2, 0) is 21.9 Å². The minimum Gasteiger partial charge on any atom is -0.476 e. The Morgan fingerprint density at radius 2 is 1.89 bits per heavy atom. The lowest BCUT2D eigenvalue weighted by molar-refractivity contribution is -0.119. The van der Waals surface area contributed by atoms with Crippen LogP contribution in [0, 0.1) is 5.92 Å². The van der Waals surface area contributed by atoms with Gasteiger partial charge in [-0.3, -0.25) is 4.79 Å². The van der Waals surface area contributed by atoms with Gasteiger partial charge in [0.15, 0.2) is 0 Å². The van der Waals surface area contributed by atoms with E-state index in [0.29, 0.717) is 57.5 Å². The monoisotopic (exact) mass is 498 g/mol. The first-order valence-corrected chi connectivity index (χ1v) is 13.6. The molecule has 0 aliphatic carbocycles. The third kappa shape index (κ3) is 5.10. The lowest BCUT2D eigenvalue weighted by Crippen LogP contribution is -2.48. The van der Waals surface area contributed by atoms with Crippen LogP contribution in [-0.4, -0.2) is 78.8 Å². The second-order valence-electron chi connectivity index (χ2n) is 9.24. The number of hydrogen-bond acceptors (Lipinski definition) is 7. The number of amides is 1. The molecule has 0 unspecified atom stereocenters. The molecule has 4 heterocycles. The van der Waals surface area contributed by atoms with E-state index >= 15 is 0 Å². The van der Waals surface area contributed by atoms with Crippen molar-refractivity contribution in [2.45, 2.75) is 12.8 Å². The number of sulfonamides is 1. The highest BCUT2D eigenvalue weighted by Gasteiger charge is 2.24. The maximum Gasteiger partial charge on any atom is 0.240 e. The Labute approximate surface area is 205 Å². The number of piperazine rings is 1. The van der Waals surface area contributed by atoms with Crippen molar-refractivity contribution in [3.8, 4) is 17.1 Å². The van der Waals surface area contributed by atoms with E-state index in [2.05, 4.69) is 15.2 Å². The number of ether oxygens (including phenoxy) is 1. The number of anilines is 1. The number of nitrogens with one attached hydrogen (secondary N) is 1. The predicted octanol–water partition coefficient (Wildman–Crippen LogP) is 1.62. The first kappa shape index (κ1) is 23.6. The molecule has 0 bridgehead atoms. The summed E-state index contributed by atoms with van der Waals surface area (Å²) in [5, 5.41) is 2.86. The normalized spacial score (nSPS) is 19.3. The molecule has 35 heavy (non-hydrogen) atoms. The van der Waals surface area contributed by atoms with E-state index in [1.54, 1.807) is 6.33 Å². The van der Waals surface area contributed by atoms with Gasteiger partial charge in [-0.05, 0) is 30.5 Å². The summed E-state index contributed by atoms with van der Waals surface area (Å²) in [6, 6.07) is 10.1. The van der Waals surface area contributed by atoms with Crippen LogP contribution in [0.15, 0.2) is 36.7 Å². The number of benzene rings is 1. The van der Waals surface area contributed by atoms with Crippen LogP contribution >= 0.6 is 0 Å². The Morgan fingerprint density at radius 3 is 2.54 bits per heavy atom. The second kappa shape index (κ2) is 9.46. The molecule has 5 rings (SSSR count). The smallest absolute Gasteiger partial charge is 0.240 e. The molecule has 1 atom stereocenters. The highest BCUT2D eigenvalue weighted by Crippen LogP contribution is 2.30. The Morgan fingerprint density at radius 1 is 1.14 bits per heavy atom. The number of fused-ring (bicyclic) bond motifs is 1. The molecule has 186 valence electrons. The molecule has 2 aromatic heterocycles. The Kier molecular flexibility index (Phi) is 6.37. The van der Waals surface area contributed by atoms with Crippen molar-refractivity contribution < 1.29 is 17.9 Å². The van der Waals surface area contributed by atoms with E-state index in [0.717, 1.165) is 34.4 Å². The molecule has 1 N–H and O–H groups in total. The van der Waals surface area contributed by atoms with Crippen LogP contribution in [0.1, 0.15) is 12.8 Å². The van der Waals surface area contributed by atoms with Gasteiger partial charge in [-0.25, -0.2) is 18.4 Å². The van der Waals surface area contributed by atoms with Crippen molar-refractivity contribution in [2.75, 3.05) is 50.5 Å². The largest absolute Gasteiger partial charge is 0.476 e. The highest BCUT2D eigenvalue weighted by molar-refractivity contribution is 7.88. The molecule has 3 aromatic rings. The standard InChI is InChI=1S/C24H30N6O4S/c1-28-16-26-21-14-20(27-24(23(21)28)34-12-7-17-13-22(31)25-15-17)18-3-5-19(6-4-18)29-8-10-30(11-9-29)35(2,32)33/h3-6,14,16-17H,7-13,15H2,1-2H3,(H,25,31)/t17-/m1/s1. The predicted molar refractivity (Wildman–Crippen MR) is 134 cm³/mol. The van der Waals surface area contributed by atoms with Crippen LogP contribution in [0.4, 0.5) is 5.69 Å². The van der Waals surface area contributed by atoms with Crippen LogP contribution in [0.25, 0.3) is 22.3 Å². The molecular formula is C24H30N6O4S. The number of nitrogens with zero attached hydrogens (tertiary/aromatic N) is 5. The topological polar surface area (TPSA) is 110 Å². The van der Waals surface area contributed by atoms with Gasteiger partial charge in [0.2, 0.25) is 21.8 Å². The van der Waals surface area contributed by atoms with Gasteiger partial charge in [-0.1, -0.05) is 12.1 Å². The summed E-state index contributed by atoms with van der Waals surface area (Å²) < 4.78 is 33.1. The van der Waals surface area contributed by atoms with Gasteiger partial charge in [-0.2, -0.15) is 4.31 Å².